The number of unbranched alkanes of at least 4 members (excludes halogenated alkanes) is 2. The lowest BCUT2D eigenvalue weighted by Gasteiger charge is -2.27. The number of rotatable bonds is 11. The number of hydrogen-bond donors (Lipinski definition) is 2. The second kappa shape index (κ2) is 11.7. The Morgan fingerprint density at radius 3 is 2.59 bits per heavy atom. The number of hydrogen-bond acceptors (Lipinski definition) is 6. The zero-order chi connectivity index (χ0) is 23.9. The molecule has 8 nitrogen and oxygen atoms in total. The number of carboxylic acids is 1. The van der Waals surface area contributed by atoms with E-state index in [-0.39, 0.29) is 12.3 Å². The molecule has 2 N–H and O–H groups in total. The van der Waals surface area contributed by atoms with E-state index in [4.69, 9.17) is 19.7 Å². The van der Waals surface area contributed by atoms with Gasteiger partial charge >= 0.3 is 5.97 Å². The van der Waals surface area contributed by atoms with E-state index in [0.717, 1.165) is 66.1 Å². The van der Waals surface area contributed by atoms with Crippen LogP contribution in [0.2, 0.25) is 0 Å². The van der Waals surface area contributed by atoms with Gasteiger partial charge in [0, 0.05) is 30.3 Å². The average Bonchev–Trinajstić information content (AvgIpc) is 3.26. The Balaban J connectivity index is 1.21. The van der Waals surface area contributed by atoms with Gasteiger partial charge in [-0.3, -0.25) is 4.68 Å². The molecule has 0 bridgehead atoms. The fourth-order valence-electron chi connectivity index (χ4n) is 4.29. The first-order valence-corrected chi connectivity index (χ1v) is 12.6. The quantitative estimate of drug-likeness (QED) is 0.325. The van der Waals surface area contributed by atoms with Gasteiger partial charge in [-0.1, -0.05) is 6.07 Å². The first-order valence-electron chi connectivity index (χ1n) is 11.8. The summed E-state index contributed by atoms with van der Waals surface area (Å²) < 4.78 is 14.5. The second-order valence-electron chi connectivity index (χ2n) is 8.73. The molecule has 3 aromatic rings. The molecule has 34 heavy (non-hydrogen) atoms. The molecule has 2 aromatic heterocycles. The van der Waals surface area contributed by atoms with Crippen LogP contribution in [0.1, 0.15) is 61.5 Å². The molecule has 1 aliphatic carbocycles. The maximum Gasteiger partial charge on any atom is 0.354 e. The Kier molecular flexibility index (Phi) is 8.39. The molecule has 1 aromatic carbocycles. The van der Waals surface area contributed by atoms with Crippen LogP contribution < -0.4 is 9.47 Å². The first-order chi connectivity index (χ1) is 16.5. The van der Waals surface area contributed by atoms with Crippen LogP contribution in [0.25, 0.3) is 10.9 Å². The maximum absolute atomic E-state index is 11.0. The van der Waals surface area contributed by atoms with E-state index in [9.17, 15) is 9.90 Å². The highest BCUT2D eigenvalue weighted by atomic mass is 79.9. The van der Waals surface area contributed by atoms with Crippen molar-refractivity contribution in [1.29, 1.82) is 0 Å². The number of nitrogens with zero attached hydrogens (tertiary/aromatic N) is 3. The molecule has 4 rings (SSSR count). The third-order valence-electron chi connectivity index (χ3n) is 6.26. The molecular formula is C25H30BrN3O5. The predicted molar refractivity (Wildman–Crippen MR) is 132 cm³/mol. The van der Waals surface area contributed by atoms with Gasteiger partial charge < -0.3 is 19.7 Å². The van der Waals surface area contributed by atoms with Gasteiger partial charge in [0.15, 0.2) is 5.69 Å². The lowest BCUT2D eigenvalue weighted by atomic mass is 9.87. The number of halogens is 1. The smallest absolute Gasteiger partial charge is 0.354 e. The minimum absolute atomic E-state index is 0.0210. The zero-order valence-electron chi connectivity index (χ0n) is 19.0. The standard InChI is InChI=1S/C25H30BrN3O5/c26-20-13-18-15-29(19-9-7-17(16-30)8-10-19)28-22(18)14-23(20)33-11-2-1-3-12-34-24-6-4-5-21(27-24)25(31)32/h4-6,13-15,17,19,30H,1-3,7-12,16H2,(H,31,32)/t17-,19-. The van der Waals surface area contributed by atoms with Crippen molar-refractivity contribution in [2.45, 2.75) is 51.0 Å². The highest BCUT2D eigenvalue weighted by molar-refractivity contribution is 9.10. The summed E-state index contributed by atoms with van der Waals surface area (Å²) in [5.41, 5.74) is 0.902. The van der Waals surface area contributed by atoms with E-state index < -0.39 is 5.97 Å². The molecule has 1 fully saturated rings. The molecule has 1 aliphatic rings. The van der Waals surface area contributed by atoms with Crippen LogP contribution in [0, 0.1) is 5.92 Å². The molecule has 2 heterocycles. The van der Waals surface area contributed by atoms with Crippen molar-refractivity contribution in [3.05, 3.63) is 46.7 Å². The van der Waals surface area contributed by atoms with Crippen molar-refractivity contribution < 1.29 is 24.5 Å². The van der Waals surface area contributed by atoms with Gasteiger partial charge in [0.1, 0.15) is 5.75 Å². The predicted octanol–water partition coefficient (Wildman–Crippen LogP) is 5.24. The van der Waals surface area contributed by atoms with Gasteiger partial charge in [-0.25, -0.2) is 9.78 Å². The number of benzene rings is 1. The highest BCUT2D eigenvalue weighted by Gasteiger charge is 2.23. The van der Waals surface area contributed by atoms with Crippen molar-refractivity contribution in [2.24, 2.45) is 5.92 Å². The summed E-state index contributed by atoms with van der Waals surface area (Å²) in [7, 11) is 0. The molecule has 0 radical (unpaired) electrons. The third kappa shape index (κ3) is 6.27. The van der Waals surface area contributed by atoms with Crippen molar-refractivity contribution in [3.8, 4) is 11.6 Å². The molecule has 9 heteroatoms. The Morgan fingerprint density at radius 1 is 1.09 bits per heavy atom. The Hall–Kier alpha value is -2.65. The summed E-state index contributed by atoms with van der Waals surface area (Å²) in [6, 6.07) is 9.15. The normalized spacial score (nSPS) is 18.2. The third-order valence-corrected chi connectivity index (χ3v) is 6.88. The molecule has 182 valence electrons. The minimum Gasteiger partial charge on any atom is -0.492 e. The fourth-order valence-corrected chi connectivity index (χ4v) is 4.76. The molecule has 0 amide bonds. The van der Waals surface area contributed by atoms with Crippen LogP contribution in [0.15, 0.2) is 41.0 Å². The Morgan fingerprint density at radius 2 is 1.85 bits per heavy atom. The summed E-state index contributed by atoms with van der Waals surface area (Å²) in [6.45, 7) is 1.35. The first kappa shape index (κ1) is 24.5. The van der Waals surface area contributed by atoms with Crippen LogP contribution in [0.5, 0.6) is 11.6 Å². The lowest BCUT2D eigenvalue weighted by molar-refractivity contribution is 0.0689. The SMILES string of the molecule is O=C(O)c1cccc(OCCCCCOc2cc3nn([C@H]4CC[C@H](CO)CC4)cc3cc2Br)n1. The largest absolute Gasteiger partial charge is 0.492 e. The minimum atomic E-state index is -1.07. The molecular weight excluding hydrogens is 502 g/mol. The van der Waals surface area contributed by atoms with Crippen molar-refractivity contribution in [3.63, 3.8) is 0 Å². The summed E-state index contributed by atoms with van der Waals surface area (Å²) in [5, 5.41) is 24.2. The molecule has 0 aliphatic heterocycles. The molecule has 0 saturated heterocycles. The molecule has 0 atom stereocenters. The van der Waals surface area contributed by atoms with E-state index in [1.807, 2.05) is 6.07 Å². The number of aromatic carboxylic acids is 1. The van der Waals surface area contributed by atoms with Crippen LogP contribution in [-0.2, 0) is 0 Å². The summed E-state index contributed by atoms with van der Waals surface area (Å²) in [6.07, 6.45) is 8.92. The number of fused-ring (bicyclic) bond motifs is 1. The van der Waals surface area contributed by atoms with E-state index in [1.54, 1.807) is 12.1 Å². The molecule has 0 spiro atoms. The highest BCUT2D eigenvalue weighted by Crippen LogP contribution is 2.34. The van der Waals surface area contributed by atoms with Gasteiger partial charge in [0.25, 0.3) is 0 Å². The van der Waals surface area contributed by atoms with Gasteiger partial charge in [0.05, 0.1) is 29.2 Å². The van der Waals surface area contributed by atoms with Crippen molar-refractivity contribution in [1.82, 2.24) is 14.8 Å². The van der Waals surface area contributed by atoms with E-state index in [2.05, 4.69) is 37.9 Å². The van der Waals surface area contributed by atoms with Crippen LogP contribution in [-0.4, -0.2) is 50.8 Å². The van der Waals surface area contributed by atoms with Crippen LogP contribution in [0.3, 0.4) is 0 Å². The van der Waals surface area contributed by atoms with Crippen LogP contribution in [0.4, 0.5) is 0 Å². The van der Waals surface area contributed by atoms with Crippen molar-refractivity contribution >= 4 is 32.8 Å². The van der Waals surface area contributed by atoms with Crippen LogP contribution >= 0.6 is 15.9 Å². The van der Waals surface area contributed by atoms with Crippen molar-refractivity contribution in [2.75, 3.05) is 19.8 Å². The fraction of sp³-hybridized carbons (Fsp3) is 0.480. The zero-order valence-corrected chi connectivity index (χ0v) is 20.6. The number of aromatic nitrogens is 3. The number of aliphatic hydroxyl groups excluding tert-OH is 1. The Bertz CT molecular complexity index is 1110. The van der Waals surface area contributed by atoms with Gasteiger partial charge in [-0.2, -0.15) is 5.10 Å². The summed E-state index contributed by atoms with van der Waals surface area (Å²) in [4.78, 5) is 14.9. The Labute approximate surface area is 207 Å². The molecule has 1 saturated carbocycles. The lowest BCUT2D eigenvalue weighted by Crippen LogP contribution is -2.20. The van der Waals surface area contributed by atoms with Gasteiger partial charge in [-0.15, -0.1) is 0 Å². The molecule has 0 unspecified atom stereocenters. The number of carbonyl (C=O) groups is 1. The van der Waals surface area contributed by atoms with E-state index >= 15 is 0 Å². The monoisotopic (exact) mass is 531 g/mol. The second-order valence-corrected chi connectivity index (χ2v) is 9.59. The van der Waals surface area contributed by atoms with Gasteiger partial charge in [0.2, 0.25) is 5.88 Å². The average molecular weight is 532 g/mol. The maximum atomic E-state index is 11.0. The summed E-state index contributed by atoms with van der Waals surface area (Å²) >= 11 is 3.62. The number of pyridine rings is 1. The number of ether oxygens (including phenoxy) is 2. The van der Waals surface area contributed by atoms with E-state index in [0.29, 0.717) is 31.1 Å². The number of aliphatic hydroxyl groups is 1. The number of carboxylic acid groups (broad SMARTS) is 1. The topological polar surface area (TPSA) is 107 Å². The van der Waals surface area contributed by atoms with E-state index in [1.165, 1.54) is 6.07 Å². The summed E-state index contributed by atoms with van der Waals surface area (Å²) in [5.74, 6) is 0.479. The van der Waals surface area contributed by atoms with Gasteiger partial charge in [-0.05, 0) is 78.9 Å².